The van der Waals surface area contributed by atoms with Crippen molar-refractivity contribution in [2.75, 3.05) is 19.6 Å². The van der Waals surface area contributed by atoms with Gasteiger partial charge in [-0.05, 0) is 121 Å². The molecule has 0 spiro atoms. The third-order valence-electron chi connectivity index (χ3n) is 9.09. The van der Waals surface area contributed by atoms with Crippen LogP contribution in [0.25, 0.3) is 11.1 Å². The monoisotopic (exact) mass is 532 g/mol. The summed E-state index contributed by atoms with van der Waals surface area (Å²) >= 11 is 0. The molecule has 0 saturated carbocycles. The average molecular weight is 533 g/mol. The van der Waals surface area contributed by atoms with Gasteiger partial charge in [-0.25, -0.2) is 0 Å². The second-order valence-electron chi connectivity index (χ2n) is 12.6. The molecule has 1 fully saturated rings. The van der Waals surface area contributed by atoms with E-state index in [0.29, 0.717) is 5.92 Å². The van der Waals surface area contributed by atoms with E-state index in [1.54, 1.807) is 6.92 Å². The van der Waals surface area contributed by atoms with Gasteiger partial charge in [0.25, 0.3) is 0 Å². The molecule has 0 N–H and O–H groups in total. The van der Waals surface area contributed by atoms with Crippen LogP contribution >= 0.6 is 0 Å². The van der Waals surface area contributed by atoms with Gasteiger partial charge in [0.05, 0.1) is 0 Å². The number of allylic oxidation sites excluding steroid dienone is 2. The van der Waals surface area contributed by atoms with Gasteiger partial charge in [-0.3, -0.25) is 9.78 Å². The maximum Gasteiger partial charge on any atom is 0.159 e. The molecule has 1 unspecified atom stereocenters. The van der Waals surface area contributed by atoms with Gasteiger partial charge in [0.15, 0.2) is 5.78 Å². The molecule has 3 nitrogen and oxygen atoms in total. The molecule has 5 rings (SSSR count). The molecule has 2 heterocycles. The number of nitrogens with zero attached hydrogens (tertiary/aromatic N) is 2. The van der Waals surface area contributed by atoms with Crippen LogP contribution < -0.4 is 0 Å². The number of carbonyl (C=O) groups is 1. The number of likely N-dealkylation sites (tertiary alicyclic amines) is 1. The summed E-state index contributed by atoms with van der Waals surface area (Å²) in [5, 5.41) is 0. The number of pyridine rings is 1. The van der Waals surface area contributed by atoms with Crippen LogP contribution in [0.15, 0.2) is 85.7 Å². The van der Waals surface area contributed by atoms with Gasteiger partial charge >= 0.3 is 0 Å². The van der Waals surface area contributed by atoms with Gasteiger partial charge in [0.1, 0.15) is 0 Å². The Morgan fingerprint density at radius 3 is 2.38 bits per heavy atom. The van der Waals surface area contributed by atoms with Gasteiger partial charge in [-0.2, -0.15) is 0 Å². The largest absolute Gasteiger partial charge is 0.302 e. The van der Waals surface area contributed by atoms with Crippen molar-refractivity contribution in [3.8, 4) is 0 Å². The van der Waals surface area contributed by atoms with Crippen molar-refractivity contribution in [3.05, 3.63) is 114 Å². The number of aromatic nitrogens is 1. The quantitative estimate of drug-likeness (QED) is 0.194. The fourth-order valence-corrected chi connectivity index (χ4v) is 6.70. The molecular formula is C37H44N2O. The normalized spacial score (nSPS) is 18.4. The van der Waals surface area contributed by atoms with Crippen LogP contribution in [0.5, 0.6) is 0 Å². The van der Waals surface area contributed by atoms with E-state index in [-0.39, 0.29) is 11.2 Å². The fraction of sp³-hybridized carbons (Fsp3) is 0.405. The van der Waals surface area contributed by atoms with Gasteiger partial charge in [0.2, 0.25) is 0 Å². The van der Waals surface area contributed by atoms with E-state index < -0.39 is 0 Å². The van der Waals surface area contributed by atoms with E-state index in [1.807, 2.05) is 24.5 Å². The van der Waals surface area contributed by atoms with Gasteiger partial charge in [-0.15, -0.1) is 6.58 Å². The number of hydrogen-bond acceptors (Lipinski definition) is 3. The maximum absolute atomic E-state index is 11.9. The van der Waals surface area contributed by atoms with Crippen LogP contribution in [0.4, 0.5) is 0 Å². The van der Waals surface area contributed by atoms with Crippen LogP contribution in [0.3, 0.4) is 0 Å². The summed E-state index contributed by atoms with van der Waals surface area (Å²) in [5.74, 6) is 1.39. The third-order valence-corrected chi connectivity index (χ3v) is 9.09. The number of carbonyl (C=O) groups excluding carboxylic acids is 1. The molecule has 3 aromatic rings. The Bertz CT molecular complexity index is 1340. The Morgan fingerprint density at radius 1 is 1.00 bits per heavy atom. The Hall–Kier alpha value is -3.30. The summed E-state index contributed by atoms with van der Waals surface area (Å²) in [6.07, 6.45) is 13.0. The van der Waals surface area contributed by atoms with Crippen LogP contribution in [0, 0.1) is 17.3 Å². The summed E-state index contributed by atoms with van der Waals surface area (Å²) < 4.78 is 0. The Balaban J connectivity index is 1.40. The molecule has 1 aliphatic carbocycles. The first-order valence-electron chi connectivity index (χ1n) is 15.0. The molecule has 1 atom stereocenters. The Labute approximate surface area is 241 Å². The highest BCUT2D eigenvalue weighted by atomic mass is 16.1. The second-order valence-corrected chi connectivity index (χ2v) is 12.6. The Kier molecular flexibility index (Phi) is 8.81. The molecule has 2 aliphatic rings. The minimum absolute atomic E-state index is 0.113. The fourth-order valence-electron chi connectivity index (χ4n) is 6.70. The van der Waals surface area contributed by atoms with Crippen LogP contribution in [-0.4, -0.2) is 35.3 Å². The lowest BCUT2D eigenvalue weighted by molar-refractivity contribution is 0.101. The van der Waals surface area contributed by atoms with Gasteiger partial charge in [-0.1, -0.05) is 68.5 Å². The molecule has 2 aromatic carbocycles. The van der Waals surface area contributed by atoms with E-state index in [9.17, 15) is 4.79 Å². The molecule has 208 valence electrons. The zero-order chi connectivity index (χ0) is 28.1. The van der Waals surface area contributed by atoms with Crippen molar-refractivity contribution < 1.29 is 4.79 Å². The first-order chi connectivity index (χ1) is 19.3. The predicted octanol–water partition coefficient (Wildman–Crippen LogP) is 8.31. The topological polar surface area (TPSA) is 33.2 Å². The van der Waals surface area contributed by atoms with Crippen molar-refractivity contribution in [1.82, 2.24) is 9.88 Å². The van der Waals surface area contributed by atoms with E-state index in [2.05, 4.69) is 84.9 Å². The lowest BCUT2D eigenvalue weighted by Gasteiger charge is -2.37. The Morgan fingerprint density at radius 2 is 1.70 bits per heavy atom. The van der Waals surface area contributed by atoms with E-state index in [1.165, 1.54) is 72.2 Å². The number of fused-ring (bicyclic) bond motifs is 1. The molecule has 1 aromatic heterocycles. The average Bonchev–Trinajstić information content (AvgIpc) is 2.97. The molecule has 0 radical (unpaired) electrons. The van der Waals surface area contributed by atoms with Gasteiger partial charge in [0, 0.05) is 24.5 Å². The summed E-state index contributed by atoms with van der Waals surface area (Å²) in [5.41, 5.74) is 9.24. The number of rotatable bonds is 10. The number of Topliss-reactive ketones (excluding diaryl/α,β-unsaturated/α-hetero) is 1. The molecule has 0 amide bonds. The highest BCUT2D eigenvalue weighted by molar-refractivity contribution is 5.96. The van der Waals surface area contributed by atoms with E-state index in [4.69, 9.17) is 0 Å². The van der Waals surface area contributed by atoms with Gasteiger partial charge < -0.3 is 4.90 Å². The molecule has 1 saturated heterocycles. The lowest BCUT2D eigenvalue weighted by atomic mass is 9.72. The van der Waals surface area contributed by atoms with Crippen molar-refractivity contribution in [3.63, 3.8) is 0 Å². The number of benzene rings is 2. The van der Waals surface area contributed by atoms with E-state index >= 15 is 0 Å². The minimum atomic E-state index is 0.113. The molecule has 0 bridgehead atoms. The van der Waals surface area contributed by atoms with Crippen LogP contribution in [-0.2, 0) is 12.8 Å². The third kappa shape index (κ3) is 6.70. The number of piperidine rings is 1. The van der Waals surface area contributed by atoms with Crippen molar-refractivity contribution in [1.29, 1.82) is 0 Å². The zero-order valence-electron chi connectivity index (χ0n) is 24.5. The van der Waals surface area contributed by atoms with Crippen molar-refractivity contribution in [2.45, 2.75) is 59.3 Å². The minimum Gasteiger partial charge on any atom is -0.302 e. The highest BCUT2D eigenvalue weighted by Gasteiger charge is 2.30. The lowest BCUT2D eigenvalue weighted by Crippen LogP contribution is -2.39. The number of ketones is 1. The van der Waals surface area contributed by atoms with Crippen LogP contribution in [0.1, 0.15) is 79.1 Å². The smallest absolute Gasteiger partial charge is 0.159 e. The zero-order valence-corrected chi connectivity index (χ0v) is 24.5. The summed E-state index contributed by atoms with van der Waals surface area (Å²) in [4.78, 5) is 18.8. The second kappa shape index (κ2) is 12.5. The van der Waals surface area contributed by atoms with E-state index in [0.717, 1.165) is 30.9 Å². The molecule has 1 aliphatic heterocycles. The SMILES string of the molecule is C=CC(C)(C)CN1CCC(CCC2Cc3ccccc3C(Cc3ccc(C(C)=O)cc3)=C2c2ccncc2)CC1. The predicted molar refractivity (Wildman–Crippen MR) is 167 cm³/mol. The van der Waals surface area contributed by atoms with Crippen molar-refractivity contribution >= 4 is 16.9 Å². The number of hydrogen-bond donors (Lipinski definition) is 0. The summed E-state index contributed by atoms with van der Waals surface area (Å²) in [6.45, 7) is 13.7. The first-order valence-corrected chi connectivity index (χ1v) is 15.0. The highest BCUT2D eigenvalue weighted by Crippen LogP contribution is 2.44. The first kappa shape index (κ1) is 28.2. The van der Waals surface area contributed by atoms with Crippen LogP contribution in [0.2, 0.25) is 0 Å². The van der Waals surface area contributed by atoms with Crippen molar-refractivity contribution in [2.24, 2.45) is 17.3 Å². The molecular weight excluding hydrogens is 488 g/mol. The standard InChI is InChI=1S/C37H44N2O/c1-5-37(3,4)26-39-22-18-28(19-23-39)10-15-33-25-32-8-6-7-9-34(32)35(36(33)31-16-20-38-21-17-31)24-29-11-13-30(14-12-29)27(2)40/h5-9,11-14,16-17,20-21,28,33H,1,10,15,18-19,22-26H2,2-4H3. The molecule has 3 heteroatoms. The summed E-state index contributed by atoms with van der Waals surface area (Å²) in [6, 6.07) is 21.6. The summed E-state index contributed by atoms with van der Waals surface area (Å²) in [7, 11) is 0. The molecule has 40 heavy (non-hydrogen) atoms. The maximum atomic E-state index is 11.9.